The number of nitrogens with zero attached hydrogens (tertiary/aromatic N) is 1. The molecule has 0 atom stereocenters. The van der Waals surface area contributed by atoms with Crippen molar-refractivity contribution >= 4 is 5.91 Å². The van der Waals surface area contributed by atoms with Crippen LogP contribution in [0.15, 0.2) is 36.7 Å². The van der Waals surface area contributed by atoms with E-state index in [1.807, 2.05) is 6.92 Å². The summed E-state index contributed by atoms with van der Waals surface area (Å²) in [5.74, 6) is -0.463. The Bertz CT molecular complexity index is 578. The maximum absolute atomic E-state index is 13.0. The van der Waals surface area contributed by atoms with E-state index in [0.717, 1.165) is 11.1 Å². The number of nitrogens with one attached hydrogen (secondary N) is 1. The van der Waals surface area contributed by atoms with Crippen molar-refractivity contribution < 1.29 is 14.3 Å². The molecule has 0 aliphatic carbocycles. The van der Waals surface area contributed by atoms with Gasteiger partial charge < -0.3 is 15.0 Å². The van der Waals surface area contributed by atoms with Crippen molar-refractivity contribution in [1.82, 2.24) is 9.88 Å². The molecule has 0 spiro atoms. The number of rotatable bonds is 5. The lowest BCUT2D eigenvalue weighted by Gasteiger charge is -2.19. The molecular formula is C15H17FN2O2. The number of amides is 1. The molecule has 2 N–H and O–H groups in total. The third-order valence-corrected chi connectivity index (χ3v) is 3.17. The number of aliphatic hydroxyl groups excluding tert-OH is 1. The average Bonchev–Trinajstić information content (AvgIpc) is 2.94. The van der Waals surface area contributed by atoms with Crippen molar-refractivity contribution in [3.63, 3.8) is 0 Å². The van der Waals surface area contributed by atoms with Gasteiger partial charge in [0.2, 0.25) is 0 Å². The number of aromatic nitrogens is 1. The molecule has 20 heavy (non-hydrogen) atoms. The monoisotopic (exact) mass is 276 g/mol. The molecule has 2 rings (SSSR count). The highest BCUT2D eigenvalue weighted by atomic mass is 19.1. The number of hydrogen-bond donors (Lipinski definition) is 2. The largest absolute Gasteiger partial charge is 0.395 e. The lowest BCUT2D eigenvalue weighted by Crippen LogP contribution is -2.33. The summed E-state index contributed by atoms with van der Waals surface area (Å²) in [7, 11) is 0. The van der Waals surface area contributed by atoms with Gasteiger partial charge in [-0.1, -0.05) is 12.1 Å². The van der Waals surface area contributed by atoms with Crippen LogP contribution in [0, 0.1) is 5.82 Å². The first-order valence-corrected chi connectivity index (χ1v) is 6.50. The summed E-state index contributed by atoms with van der Waals surface area (Å²) in [6, 6.07) is 6.00. The number of likely N-dealkylation sites (N-methyl/N-ethyl adjacent to an activating group) is 1. The van der Waals surface area contributed by atoms with E-state index in [9.17, 15) is 9.18 Å². The van der Waals surface area contributed by atoms with Gasteiger partial charge in [-0.3, -0.25) is 4.79 Å². The van der Waals surface area contributed by atoms with Crippen LogP contribution < -0.4 is 0 Å². The van der Waals surface area contributed by atoms with E-state index in [-0.39, 0.29) is 18.3 Å². The molecule has 0 unspecified atom stereocenters. The fourth-order valence-electron chi connectivity index (χ4n) is 2.10. The molecule has 5 heteroatoms. The first-order valence-electron chi connectivity index (χ1n) is 6.50. The summed E-state index contributed by atoms with van der Waals surface area (Å²) in [6.45, 7) is 2.60. The molecule has 0 saturated heterocycles. The highest BCUT2D eigenvalue weighted by molar-refractivity contribution is 6.00. The van der Waals surface area contributed by atoms with Crippen LogP contribution in [0.3, 0.4) is 0 Å². The van der Waals surface area contributed by atoms with Crippen molar-refractivity contribution in [3.05, 3.63) is 48.0 Å². The lowest BCUT2D eigenvalue weighted by atomic mass is 10.0. The Labute approximate surface area is 116 Å². The molecule has 2 aromatic rings. The number of aliphatic hydroxyl groups is 1. The zero-order valence-corrected chi connectivity index (χ0v) is 11.3. The van der Waals surface area contributed by atoms with Crippen LogP contribution in [0.4, 0.5) is 4.39 Å². The second-order valence-corrected chi connectivity index (χ2v) is 4.40. The van der Waals surface area contributed by atoms with Gasteiger partial charge in [0, 0.05) is 31.0 Å². The second kappa shape index (κ2) is 6.34. The van der Waals surface area contributed by atoms with E-state index >= 15 is 0 Å². The van der Waals surface area contributed by atoms with Gasteiger partial charge in [0.05, 0.1) is 12.2 Å². The Morgan fingerprint density at radius 1 is 1.30 bits per heavy atom. The smallest absolute Gasteiger partial charge is 0.256 e. The van der Waals surface area contributed by atoms with Gasteiger partial charge in [0.1, 0.15) is 5.82 Å². The fraction of sp³-hybridized carbons (Fsp3) is 0.267. The van der Waals surface area contributed by atoms with Crippen molar-refractivity contribution in [2.45, 2.75) is 6.92 Å². The molecule has 0 radical (unpaired) electrons. The van der Waals surface area contributed by atoms with E-state index in [4.69, 9.17) is 5.11 Å². The third kappa shape index (κ3) is 2.88. The Morgan fingerprint density at radius 3 is 2.60 bits per heavy atom. The normalized spacial score (nSPS) is 10.6. The molecule has 1 aromatic heterocycles. The Kier molecular flexibility index (Phi) is 4.53. The maximum Gasteiger partial charge on any atom is 0.256 e. The molecule has 0 saturated carbocycles. The SMILES string of the molecule is CCN(CCO)C(=O)c1c[nH]cc1-c1ccc(F)cc1. The minimum atomic E-state index is -0.312. The van der Waals surface area contributed by atoms with Gasteiger partial charge in [-0.25, -0.2) is 4.39 Å². The summed E-state index contributed by atoms with van der Waals surface area (Å²) in [4.78, 5) is 16.9. The predicted octanol–water partition coefficient (Wildman–Crippen LogP) is 2.28. The maximum atomic E-state index is 13.0. The number of halogens is 1. The molecule has 0 aliphatic rings. The Balaban J connectivity index is 2.32. The van der Waals surface area contributed by atoms with Crippen LogP contribution in [0.2, 0.25) is 0 Å². The summed E-state index contributed by atoms with van der Waals surface area (Å²) in [5.41, 5.74) is 2.02. The van der Waals surface area contributed by atoms with E-state index < -0.39 is 0 Å². The van der Waals surface area contributed by atoms with Gasteiger partial charge in [-0.05, 0) is 24.6 Å². The van der Waals surface area contributed by atoms with Crippen LogP contribution >= 0.6 is 0 Å². The Morgan fingerprint density at radius 2 is 2.00 bits per heavy atom. The van der Waals surface area contributed by atoms with E-state index in [1.54, 1.807) is 29.4 Å². The molecule has 1 aromatic carbocycles. The summed E-state index contributed by atoms with van der Waals surface area (Å²) >= 11 is 0. The third-order valence-electron chi connectivity index (χ3n) is 3.17. The number of carbonyl (C=O) groups excluding carboxylic acids is 1. The number of carbonyl (C=O) groups is 1. The zero-order valence-electron chi connectivity index (χ0n) is 11.3. The average molecular weight is 276 g/mol. The topological polar surface area (TPSA) is 56.3 Å². The first-order chi connectivity index (χ1) is 9.67. The van der Waals surface area contributed by atoms with E-state index in [1.165, 1.54) is 12.1 Å². The van der Waals surface area contributed by atoms with Crippen LogP contribution in [-0.2, 0) is 0 Å². The van der Waals surface area contributed by atoms with Crippen LogP contribution in [0.25, 0.3) is 11.1 Å². The zero-order chi connectivity index (χ0) is 14.5. The van der Waals surface area contributed by atoms with Gasteiger partial charge >= 0.3 is 0 Å². The lowest BCUT2D eigenvalue weighted by molar-refractivity contribution is 0.0733. The summed E-state index contributed by atoms with van der Waals surface area (Å²) < 4.78 is 13.0. The van der Waals surface area contributed by atoms with Gasteiger partial charge in [-0.15, -0.1) is 0 Å². The first kappa shape index (κ1) is 14.3. The highest BCUT2D eigenvalue weighted by Crippen LogP contribution is 2.24. The highest BCUT2D eigenvalue weighted by Gasteiger charge is 2.18. The van der Waals surface area contributed by atoms with Crippen LogP contribution in [-0.4, -0.2) is 40.6 Å². The summed E-state index contributed by atoms with van der Waals surface area (Å²) in [5, 5.41) is 8.99. The second-order valence-electron chi connectivity index (χ2n) is 4.40. The van der Waals surface area contributed by atoms with Gasteiger partial charge in [-0.2, -0.15) is 0 Å². The van der Waals surface area contributed by atoms with Crippen LogP contribution in [0.5, 0.6) is 0 Å². The summed E-state index contributed by atoms with van der Waals surface area (Å²) in [6.07, 6.45) is 3.34. The van der Waals surface area contributed by atoms with Crippen molar-refractivity contribution in [3.8, 4) is 11.1 Å². The van der Waals surface area contributed by atoms with E-state index in [2.05, 4.69) is 4.98 Å². The van der Waals surface area contributed by atoms with Gasteiger partial charge in [0.25, 0.3) is 5.91 Å². The minimum absolute atomic E-state index is 0.0735. The van der Waals surface area contributed by atoms with Gasteiger partial charge in [0.15, 0.2) is 0 Å². The molecule has 0 aliphatic heterocycles. The quantitative estimate of drug-likeness (QED) is 0.880. The molecule has 1 amide bonds. The van der Waals surface area contributed by atoms with Crippen LogP contribution in [0.1, 0.15) is 17.3 Å². The van der Waals surface area contributed by atoms with Crippen molar-refractivity contribution in [2.75, 3.05) is 19.7 Å². The van der Waals surface area contributed by atoms with Crippen molar-refractivity contribution in [2.24, 2.45) is 0 Å². The minimum Gasteiger partial charge on any atom is -0.395 e. The molecule has 106 valence electrons. The molecule has 0 fully saturated rings. The standard InChI is InChI=1S/C15H17FN2O2/c1-2-18(7-8-19)15(20)14-10-17-9-13(14)11-3-5-12(16)6-4-11/h3-6,9-10,17,19H,2,7-8H2,1H3. The molecular weight excluding hydrogens is 259 g/mol. The Hall–Kier alpha value is -2.14. The predicted molar refractivity (Wildman–Crippen MR) is 74.9 cm³/mol. The van der Waals surface area contributed by atoms with Crippen molar-refractivity contribution in [1.29, 1.82) is 0 Å². The number of benzene rings is 1. The number of hydrogen-bond acceptors (Lipinski definition) is 2. The molecule has 0 bridgehead atoms. The molecule has 1 heterocycles. The van der Waals surface area contributed by atoms with E-state index in [0.29, 0.717) is 18.7 Å². The number of aromatic amines is 1. The fourth-order valence-corrected chi connectivity index (χ4v) is 2.10. The molecule has 4 nitrogen and oxygen atoms in total. The number of H-pyrrole nitrogens is 1.